The first-order valence-corrected chi connectivity index (χ1v) is 6.36. The van der Waals surface area contributed by atoms with Gasteiger partial charge >= 0.3 is 5.97 Å². The van der Waals surface area contributed by atoms with E-state index in [0.717, 1.165) is 12.8 Å². The second-order valence-electron chi connectivity index (χ2n) is 4.32. The minimum absolute atomic E-state index is 0.273. The summed E-state index contributed by atoms with van der Waals surface area (Å²) in [7, 11) is 1.41. The van der Waals surface area contributed by atoms with Gasteiger partial charge in [0.2, 0.25) is 5.91 Å². The molecule has 0 saturated heterocycles. The molecule has 1 aromatic carbocycles. The van der Waals surface area contributed by atoms with Crippen molar-refractivity contribution in [2.24, 2.45) is 5.73 Å². The van der Waals surface area contributed by atoms with Crippen molar-refractivity contribution in [3.8, 4) is 11.5 Å². The van der Waals surface area contributed by atoms with E-state index >= 15 is 0 Å². The van der Waals surface area contributed by atoms with Crippen LogP contribution >= 0.6 is 0 Å². The molecule has 0 aliphatic rings. The van der Waals surface area contributed by atoms with Gasteiger partial charge in [-0.2, -0.15) is 0 Å². The van der Waals surface area contributed by atoms with Crippen LogP contribution in [-0.4, -0.2) is 30.2 Å². The normalized spacial score (nSPS) is 11.7. The van der Waals surface area contributed by atoms with Crippen LogP contribution in [0.15, 0.2) is 18.2 Å². The summed E-state index contributed by atoms with van der Waals surface area (Å²) in [5, 5.41) is 9.13. The Labute approximate surface area is 117 Å². The number of aliphatic carboxylic acids is 1. The van der Waals surface area contributed by atoms with E-state index in [0.29, 0.717) is 6.42 Å². The Kier molecular flexibility index (Phi) is 5.83. The summed E-state index contributed by atoms with van der Waals surface area (Å²) in [6.45, 7) is 1.97. The first-order valence-electron chi connectivity index (χ1n) is 6.36. The molecule has 0 aliphatic carbocycles. The number of rotatable bonds is 8. The topological polar surface area (TPSA) is 98.9 Å². The molecule has 6 nitrogen and oxygen atoms in total. The zero-order chi connectivity index (χ0) is 15.1. The first kappa shape index (κ1) is 15.8. The summed E-state index contributed by atoms with van der Waals surface area (Å²) >= 11 is 0. The van der Waals surface area contributed by atoms with Gasteiger partial charge in [-0.05, 0) is 31.0 Å². The maximum atomic E-state index is 11.1. The molecular formula is C14H19NO5. The van der Waals surface area contributed by atoms with Gasteiger partial charge in [-0.25, -0.2) is 4.79 Å². The Hall–Kier alpha value is -2.24. The molecule has 1 rings (SSSR count). The molecule has 0 spiro atoms. The first-order chi connectivity index (χ1) is 9.49. The quantitative estimate of drug-likeness (QED) is 0.757. The van der Waals surface area contributed by atoms with Crippen LogP contribution in [0.5, 0.6) is 11.5 Å². The fourth-order valence-electron chi connectivity index (χ4n) is 1.69. The Morgan fingerprint density at radius 2 is 2.05 bits per heavy atom. The van der Waals surface area contributed by atoms with Crippen LogP contribution in [0.4, 0.5) is 0 Å². The minimum Gasteiger partial charge on any atom is -0.493 e. The second-order valence-corrected chi connectivity index (χ2v) is 4.32. The maximum absolute atomic E-state index is 11.1. The van der Waals surface area contributed by atoms with Crippen molar-refractivity contribution < 1.29 is 24.2 Å². The summed E-state index contributed by atoms with van der Waals surface area (Å²) in [6.07, 6.45) is 1.10. The van der Waals surface area contributed by atoms with Crippen molar-refractivity contribution in [1.29, 1.82) is 0 Å². The fraction of sp³-hybridized carbons (Fsp3) is 0.429. The van der Waals surface area contributed by atoms with E-state index in [1.807, 2.05) is 6.92 Å². The Bertz CT molecular complexity index is 486. The Morgan fingerprint density at radius 1 is 1.35 bits per heavy atom. The average Bonchev–Trinajstić information content (AvgIpc) is 2.42. The SMILES string of the molecule is CCCCC(Oc1ccc(C(N)=O)cc1OC)C(=O)O. The van der Waals surface area contributed by atoms with Gasteiger partial charge in [-0.3, -0.25) is 4.79 Å². The van der Waals surface area contributed by atoms with Crippen LogP contribution in [0.3, 0.4) is 0 Å². The van der Waals surface area contributed by atoms with Gasteiger partial charge in [-0.1, -0.05) is 13.3 Å². The third-order valence-corrected chi connectivity index (χ3v) is 2.81. The number of amides is 1. The highest BCUT2D eigenvalue weighted by Crippen LogP contribution is 2.29. The number of methoxy groups -OCH3 is 1. The summed E-state index contributed by atoms with van der Waals surface area (Å²) < 4.78 is 10.6. The van der Waals surface area contributed by atoms with Crippen molar-refractivity contribution in [3.63, 3.8) is 0 Å². The number of carboxylic acids is 1. The summed E-state index contributed by atoms with van der Waals surface area (Å²) in [5.74, 6) is -1.06. The molecule has 20 heavy (non-hydrogen) atoms. The Balaban J connectivity index is 2.94. The molecule has 0 saturated carbocycles. The van der Waals surface area contributed by atoms with Crippen LogP contribution in [0.1, 0.15) is 36.5 Å². The average molecular weight is 281 g/mol. The number of hydrogen-bond acceptors (Lipinski definition) is 4. The lowest BCUT2D eigenvalue weighted by atomic mass is 10.1. The molecule has 1 aromatic rings. The van der Waals surface area contributed by atoms with Gasteiger partial charge in [0.25, 0.3) is 0 Å². The highest BCUT2D eigenvalue weighted by Gasteiger charge is 2.21. The molecule has 1 atom stereocenters. The third kappa shape index (κ3) is 4.15. The molecule has 1 amide bonds. The van der Waals surface area contributed by atoms with Crippen LogP contribution in [-0.2, 0) is 4.79 Å². The van der Waals surface area contributed by atoms with Gasteiger partial charge in [0, 0.05) is 5.56 Å². The van der Waals surface area contributed by atoms with Crippen LogP contribution in [0, 0.1) is 0 Å². The molecule has 0 aliphatic heterocycles. The van der Waals surface area contributed by atoms with Crippen LogP contribution in [0.25, 0.3) is 0 Å². The molecule has 1 unspecified atom stereocenters. The van der Waals surface area contributed by atoms with Crippen molar-refractivity contribution >= 4 is 11.9 Å². The van der Waals surface area contributed by atoms with Crippen LogP contribution in [0.2, 0.25) is 0 Å². The monoisotopic (exact) mass is 281 g/mol. The molecule has 6 heteroatoms. The number of carbonyl (C=O) groups excluding carboxylic acids is 1. The zero-order valence-electron chi connectivity index (χ0n) is 11.6. The van der Waals surface area contributed by atoms with Gasteiger partial charge in [0.1, 0.15) is 0 Å². The van der Waals surface area contributed by atoms with Gasteiger partial charge < -0.3 is 20.3 Å². The van der Waals surface area contributed by atoms with Crippen molar-refractivity contribution in [1.82, 2.24) is 0 Å². The molecule has 110 valence electrons. The molecule has 0 aromatic heterocycles. The molecule has 0 heterocycles. The lowest BCUT2D eigenvalue weighted by Crippen LogP contribution is -2.27. The third-order valence-electron chi connectivity index (χ3n) is 2.81. The van der Waals surface area contributed by atoms with E-state index in [9.17, 15) is 9.59 Å². The van der Waals surface area contributed by atoms with Crippen molar-refractivity contribution in [2.75, 3.05) is 7.11 Å². The summed E-state index contributed by atoms with van der Waals surface area (Å²) in [4.78, 5) is 22.2. The number of primary amides is 1. The highest BCUT2D eigenvalue weighted by atomic mass is 16.5. The standard InChI is InChI=1S/C14H19NO5/c1-3-4-5-11(14(17)18)20-10-7-6-9(13(15)16)8-12(10)19-2/h6-8,11H,3-5H2,1-2H3,(H2,15,16)(H,17,18). The smallest absolute Gasteiger partial charge is 0.344 e. The van der Waals surface area contributed by atoms with Gasteiger partial charge in [0.15, 0.2) is 17.6 Å². The fourth-order valence-corrected chi connectivity index (χ4v) is 1.69. The molecular weight excluding hydrogens is 262 g/mol. The number of ether oxygens (including phenoxy) is 2. The van der Waals surface area contributed by atoms with Crippen molar-refractivity contribution in [3.05, 3.63) is 23.8 Å². The lowest BCUT2D eigenvalue weighted by Gasteiger charge is -2.17. The second kappa shape index (κ2) is 7.37. The number of nitrogens with two attached hydrogens (primary N) is 1. The molecule has 0 bridgehead atoms. The van der Waals surface area contributed by atoms with Gasteiger partial charge in [0.05, 0.1) is 7.11 Å². The van der Waals surface area contributed by atoms with E-state index in [-0.39, 0.29) is 17.1 Å². The molecule has 3 N–H and O–H groups in total. The van der Waals surface area contributed by atoms with E-state index in [1.165, 1.54) is 25.3 Å². The zero-order valence-corrected chi connectivity index (χ0v) is 11.6. The number of carboxylic acid groups (broad SMARTS) is 1. The van der Waals surface area contributed by atoms with E-state index in [1.54, 1.807) is 0 Å². The Morgan fingerprint density at radius 3 is 2.55 bits per heavy atom. The predicted molar refractivity (Wildman–Crippen MR) is 73.1 cm³/mol. The molecule has 0 fully saturated rings. The van der Waals surface area contributed by atoms with Crippen molar-refractivity contribution in [2.45, 2.75) is 32.3 Å². The number of hydrogen-bond donors (Lipinski definition) is 2. The van der Waals surface area contributed by atoms with E-state index in [2.05, 4.69) is 0 Å². The van der Waals surface area contributed by atoms with E-state index in [4.69, 9.17) is 20.3 Å². The summed E-state index contributed by atoms with van der Waals surface area (Å²) in [6, 6.07) is 4.39. The summed E-state index contributed by atoms with van der Waals surface area (Å²) in [5.41, 5.74) is 5.45. The molecule has 0 radical (unpaired) electrons. The van der Waals surface area contributed by atoms with Gasteiger partial charge in [-0.15, -0.1) is 0 Å². The van der Waals surface area contributed by atoms with E-state index < -0.39 is 18.0 Å². The lowest BCUT2D eigenvalue weighted by molar-refractivity contribution is -0.145. The predicted octanol–water partition coefficient (Wildman–Crippen LogP) is 1.82. The number of unbranched alkanes of at least 4 members (excludes halogenated alkanes) is 1. The maximum Gasteiger partial charge on any atom is 0.344 e. The largest absolute Gasteiger partial charge is 0.493 e. The minimum atomic E-state index is -1.03. The van der Waals surface area contributed by atoms with Crippen LogP contribution < -0.4 is 15.2 Å². The highest BCUT2D eigenvalue weighted by molar-refractivity contribution is 5.93. The number of benzene rings is 1. The number of carbonyl (C=O) groups is 2.